The van der Waals surface area contributed by atoms with E-state index in [9.17, 15) is 4.79 Å². The summed E-state index contributed by atoms with van der Waals surface area (Å²) in [6.45, 7) is 3.76. The molecule has 1 aromatic carbocycles. The van der Waals surface area contributed by atoms with Gasteiger partial charge in [0.05, 0.1) is 13.2 Å². The minimum absolute atomic E-state index is 0.173. The van der Waals surface area contributed by atoms with Crippen molar-refractivity contribution in [3.63, 3.8) is 0 Å². The number of carbonyl (C=O) groups excluding carboxylic acids is 1. The van der Waals surface area contributed by atoms with E-state index in [4.69, 9.17) is 9.15 Å². The normalized spacial score (nSPS) is 12.3. The first-order chi connectivity index (χ1) is 10.1. The van der Waals surface area contributed by atoms with E-state index in [2.05, 4.69) is 5.32 Å². The van der Waals surface area contributed by atoms with Gasteiger partial charge in [-0.3, -0.25) is 4.79 Å². The van der Waals surface area contributed by atoms with Crippen LogP contribution < -0.4 is 10.1 Å². The van der Waals surface area contributed by atoms with E-state index < -0.39 is 0 Å². The zero-order valence-corrected chi connectivity index (χ0v) is 12.4. The fourth-order valence-electron chi connectivity index (χ4n) is 1.99. The van der Waals surface area contributed by atoms with Gasteiger partial charge in [0, 0.05) is 11.6 Å². The van der Waals surface area contributed by atoms with Crippen molar-refractivity contribution in [2.24, 2.45) is 0 Å². The Morgan fingerprint density at radius 2 is 2.05 bits per heavy atom. The smallest absolute Gasteiger partial charge is 0.244 e. The van der Waals surface area contributed by atoms with E-state index in [0.29, 0.717) is 0 Å². The van der Waals surface area contributed by atoms with E-state index in [0.717, 1.165) is 22.8 Å². The molecule has 0 spiro atoms. The number of carbonyl (C=O) groups is 1. The Balaban J connectivity index is 1.99. The first-order valence-electron chi connectivity index (χ1n) is 6.78. The Kier molecular flexibility index (Phi) is 4.82. The number of benzene rings is 1. The molecule has 1 unspecified atom stereocenters. The molecule has 1 N–H and O–H groups in total. The molecule has 110 valence electrons. The highest BCUT2D eigenvalue weighted by atomic mass is 16.5. The lowest BCUT2D eigenvalue weighted by molar-refractivity contribution is -0.117. The molecule has 0 aliphatic rings. The number of para-hydroxylation sites is 1. The van der Waals surface area contributed by atoms with Gasteiger partial charge >= 0.3 is 0 Å². The predicted octanol–water partition coefficient (Wildman–Crippen LogP) is 3.49. The molecule has 0 saturated carbocycles. The number of nitrogens with one attached hydrogen (secondary N) is 1. The zero-order chi connectivity index (χ0) is 15.2. The van der Waals surface area contributed by atoms with E-state index in [1.807, 2.05) is 50.2 Å². The molecular weight excluding hydrogens is 266 g/mol. The van der Waals surface area contributed by atoms with Crippen LogP contribution in [0.5, 0.6) is 5.75 Å². The summed E-state index contributed by atoms with van der Waals surface area (Å²) in [5.41, 5.74) is 0.858. The minimum atomic E-state index is -0.178. The molecule has 1 amide bonds. The van der Waals surface area contributed by atoms with Crippen molar-refractivity contribution in [3.05, 3.63) is 59.6 Å². The van der Waals surface area contributed by atoms with Gasteiger partial charge in [-0.1, -0.05) is 18.2 Å². The van der Waals surface area contributed by atoms with Gasteiger partial charge in [-0.25, -0.2) is 0 Å². The molecule has 0 aliphatic heterocycles. The quantitative estimate of drug-likeness (QED) is 0.856. The summed E-state index contributed by atoms with van der Waals surface area (Å²) in [7, 11) is 1.61. The Morgan fingerprint density at radius 3 is 2.71 bits per heavy atom. The largest absolute Gasteiger partial charge is 0.496 e. The molecule has 1 heterocycles. The van der Waals surface area contributed by atoms with Crippen molar-refractivity contribution >= 4 is 12.0 Å². The van der Waals surface area contributed by atoms with E-state index in [1.165, 1.54) is 6.08 Å². The predicted molar refractivity (Wildman–Crippen MR) is 82.0 cm³/mol. The van der Waals surface area contributed by atoms with Gasteiger partial charge < -0.3 is 14.5 Å². The summed E-state index contributed by atoms with van der Waals surface area (Å²) in [6, 6.07) is 11.1. The molecule has 21 heavy (non-hydrogen) atoms. The Bertz CT molecular complexity index is 643. The number of furan rings is 1. The van der Waals surface area contributed by atoms with Crippen molar-refractivity contribution in [2.75, 3.05) is 7.11 Å². The van der Waals surface area contributed by atoms with Crippen LogP contribution in [0.2, 0.25) is 0 Å². The SMILES string of the molecule is COc1ccccc1/C=C/C(=O)NC(C)c1ccc(C)o1. The molecule has 2 rings (SSSR count). The van der Waals surface area contributed by atoms with Gasteiger partial charge in [0.2, 0.25) is 5.91 Å². The Morgan fingerprint density at radius 1 is 1.29 bits per heavy atom. The number of amides is 1. The average molecular weight is 285 g/mol. The zero-order valence-electron chi connectivity index (χ0n) is 12.4. The van der Waals surface area contributed by atoms with Gasteiger partial charge in [-0.2, -0.15) is 0 Å². The highest BCUT2D eigenvalue weighted by molar-refractivity contribution is 5.92. The summed E-state index contributed by atoms with van der Waals surface area (Å²) in [5.74, 6) is 2.13. The van der Waals surface area contributed by atoms with Crippen LogP contribution in [0.15, 0.2) is 46.9 Å². The second-order valence-corrected chi connectivity index (χ2v) is 4.75. The lowest BCUT2D eigenvalue weighted by Crippen LogP contribution is -2.24. The van der Waals surface area contributed by atoms with Crippen molar-refractivity contribution in [2.45, 2.75) is 19.9 Å². The van der Waals surface area contributed by atoms with Crippen LogP contribution in [0.25, 0.3) is 6.08 Å². The first kappa shape index (κ1) is 14.9. The summed E-state index contributed by atoms with van der Waals surface area (Å²) in [5, 5.41) is 2.86. The van der Waals surface area contributed by atoms with Crippen LogP contribution >= 0.6 is 0 Å². The van der Waals surface area contributed by atoms with E-state index >= 15 is 0 Å². The van der Waals surface area contributed by atoms with Crippen LogP contribution in [-0.4, -0.2) is 13.0 Å². The number of hydrogen-bond acceptors (Lipinski definition) is 3. The van der Waals surface area contributed by atoms with Crippen LogP contribution in [0.4, 0.5) is 0 Å². The maximum atomic E-state index is 11.9. The molecule has 0 bridgehead atoms. The van der Waals surface area contributed by atoms with E-state index in [-0.39, 0.29) is 11.9 Å². The molecule has 1 atom stereocenters. The molecule has 4 heteroatoms. The number of methoxy groups -OCH3 is 1. The summed E-state index contributed by atoms with van der Waals surface area (Å²) in [6.07, 6.45) is 3.22. The highest BCUT2D eigenvalue weighted by Gasteiger charge is 2.11. The summed E-state index contributed by atoms with van der Waals surface area (Å²) < 4.78 is 10.7. The van der Waals surface area contributed by atoms with Crippen LogP contribution in [0.1, 0.15) is 30.0 Å². The fraction of sp³-hybridized carbons (Fsp3) is 0.235. The number of hydrogen-bond donors (Lipinski definition) is 1. The van der Waals surface area contributed by atoms with Gasteiger partial charge in [0.1, 0.15) is 17.3 Å². The maximum absolute atomic E-state index is 11.9. The Hall–Kier alpha value is -2.49. The summed E-state index contributed by atoms with van der Waals surface area (Å²) in [4.78, 5) is 11.9. The second-order valence-electron chi connectivity index (χ2n) is 4.75. The lowest BCUT2D eigenvalue weighted by Gasteiger charge is -2.09. The van der Waals surface area contributed by atoms with Gasteiger partial charge in [0.15, 0.2) is 0 Å². The molecule has 4 nitrogen and oxygen atoms in total. The standard InChI is InChI=1S/C17H19NO3/c1-12-8-10-15(21-12)13(2)18-17(19)11-9-14-6-4-5-7-16(14)20-3/h4-11,13H,1-3H3,(H,18,19)/b11-9+. The van der Waals surface area contributed by atoms with Gasteiger partial charge in [-0.15, -0.1) is 0 Å². The molecule has 0 fully saturated rings. The summed E-state index contributed by atoms with van der Waals surface area (Å²) >= 11 is 0. The minimum Gasteiger partial charge on any atom is -0.496 e. The number of ether oxygens (including phenoxy) is 1. The third-order valence-electron chi connectivity index (χ3n) is 3.10. The van der Waals surface area contributed by atoms with Gasteiger partial charge in [0.25, 0.3) is 0 Å². The third-order valence-corrected chi connectivity index (χ3v) is 3.10. The van der Waals surface area contributed by atoms with Crippen molar-refractivity contribution in [1.82, 2.24) is 5.32 Å². The maximum Gasteiger partial charge on any atom is 0.244 e. The van der Waals surface area contributed by atoms with Crippen molar-refractivity contribution in [1.29, 1.82) is 0 Å². The van der Waals surface area contributed by atoms with Crippen molar-refractivity contribution in [3.8, 4) is 5.75 Å². The van der Waals surface area contributed by atoms with E-state index in [1.54, 1.807) is 13.2 Å². The molecule has 0 aliphatic carbocycles. The lowest BCUT2D eigenvalue weighted by atomic mass is 10.2. The highest BCUT2D eigenvalue weighted by Crippen LogP contribution is 2.19. The second kappa shape index (κ2) is 6.79. The van der Waals surface area contributed by atoms with Crippen LogP contribution in [0.3, 0.4) is 0 Å². The third kappa shape index (κ3) is 3.99. The average Bonchev–Trinajstić information content (AvgIpc) is 2.92. The number of rotatable bonds is 5. The monoisotopic (exact) mass is 285 g/mol. The van der Waals surface area contributed by atoms with Crippen LogP contribution in [0, 0.1) is 6.92 Å². The fourth-order valence-corrected chi connectivity index (χ4v) is 1.99. The van der Waals surface area contributed by atoms with Gasteiger partial charge in [-0.05, 0) is 38.1 Å². The number of aryl methyl sites for hydroxylation is 1. The molecule has 1 aromatic heterocycles. The topological polar surface area (TPSA) is 51.5 Å². The molecule has 0 radical (unpaired) electrons. The molecular formula is C17H19NO3. The first-order valence-corrected chi connectivity index (χ1v) is 6.78. The molecule has 0 saturated heterocycles. The Labute approximate surface area is 124 Å². The molecule has 2 aromatic rings. The van der Waals surface area contributed by atoms with Crippen molar-refractivity contribution < 1.29 is 13.9 Å². The van der Waals surface area contributed by atoms with Crippen LogP contribution in [-0.2, 0) is 4.79 Å².